The molecule has 0 amide bonds. The van der Waals surface area contributed by atoms with Gasteiger partial charge < -0.3 is 14.8 Å². The predicted octanol–water partition coefficient (Wildman–Crippen LogP) is 3.18. The molecule has 3 aromatic heterocycles. The largest absolute Gasteiger partial charge is 0.497 e. The highest BCUT2D eigenvalue weighted by Crippen LogP contribution is 2.29. The van der Waals surface area contributed by atoms with Gasteiger partial charge in [0.25, 0.3) is 0 Å². The average Bonchev–Trinajstić information content (AvgIpc) is 3.28. The van der Waals surface area contributed by atoms with E-state index in [-0.39, 0.29) is 18.0 Å². The van der Waals surface area contributed by atoms with Crippen molar-refractivity contribution in [2.24, 2.45) is 0 Å². The highest BCUT2D eigenvalue weighted by molar-refractivity contribution is 7.15. The second-order valence-corrected chi connectivity index (χ2v) is 6.45. The zero-order chi connectivity index (χ0) is 19.5. The van der Waals surface area contributed by atoms with Crippen LogP contribution in [-0.4, -0.2) is 44.3 Å². The Kier molecular flexibility index (Phi) is 4.85. The first-order valence-electron chi connectivity index (χ1n) is 8.42. The third-order valence-corrected chi connectivity index (χ3v) is 4.70. The molecule has 1 N–H and O–H groups in total. The molecule has 1 aromatic carbocycles. The van der Waals surface area contributed by atoms with Gasteiger partial charge in [-0.2, -0.15) is 4.98 Å². The number of rotatable bonds is 6. The first kappa shape index (κ1) is 17.9. The fourth-order valence-corrected chi connectivity index (χ4v) is 3.44. The summed E-state index contributed by atoms with van der Waals surface area (Å²) >= 11 is 1.46. The van der Waals surface area contributed by atoms with E-state index in [0.29, 0.717) is 10.9 Å². The third kappa shape index (κ3) is 3.37. The number of ether oxygens (including phenoxy) is 2. The van der Waals surface area contributed by atoms with E-state index in [1.807, 2.05) is 29.6 Å². The molecular formula is C18H16N6O3S. The summed E-state index contributed by atoms with van der Waals surface area (Å²) in [6.07, 6.45) is 2.73. The SMILES string of the molecule is CCOC(=O)c1cncnc1Nc1nc2scc(-c3cccc(OC)c3)n2n1. The first-order chi connectivity index (χ1) is 13.7. The normalized spacial score (nSPS) is 10.8. The molecule has 0 atom stereocenters. The predicted molar refractivity (Wildman–Crippen MR) is 104 cm³/mol. The van der Waals surface area contributed by atoms with Crippen molar-refractivity contribution in [2.75, 3.05) is 19.0 Å². The molecule has 0 aliphatic heterocycles. The van der Waals surface area contributed by atoms with Crippen molar-refractivity contribution in [3.63, 3.8) is 0 Å². The number of benzene rings is 1. The Labute approximate surface area is 164 Å². The fraction of sp³-hybridized carbons (Fsp3) is 0.167. The molecule has 9 nitrogen and oxygen atoms in total. The van der Waals surface area contributed by atoms with Crippen LogP contribution in [0.4, 0.5) is 11.8 Å². The highest BCUT2D eigenvalue weighted by Gasteiger charge is 2.17. The van der Waals surface area contributed by atoms with Gasteiger partial charge in [0.1, 0.15) is 17.6 Å². The van der Waals surface area contributed by atoms with Gasteiger partial charge in [-0.3, -0.25) is 0 Å². The van der Waals surface area contributed by atoms with E-state index < -0.39 is 5.97 Å². The molecule has 0 bridgehead atoms. The zero-order valence-electron chi connectivity index (χ0n) is 15.1. The van der Waals surface area contributed by atoms with Crippen molar-refractivity contribution in [3.05, 3.63) is 47.7 Å². The molecule has 4 aromatic rings. The van der Waals surface area contributed by atoms with Crippen molar-refractivity contribution >= 4 is 34.0 Å². The molecule has 0 fully saturated rings. The number of fused-ring (bicyclic) bond motifs is 1. The van der Waals surface area contributed by atoms with Crippen LogP contribution in [0.5, 0.6) is 5.75 Å². The Hall–Kier alpha value is -3.53. The van der Waals surface area contributed by atoms with E-state index in [1.165, 1.54) is 23.9 Å². The number of hydrogen-bond acceptors (Lipinski definition) is 9. The van der Waals surface area contributed by atoms with Crippen LogP contribution in [0.2, 0.25) is 0 Å². The van der Waals surface area contributed by atoms with Crippen molar-refractivity contribution in [1.29, 1.82) is 0 Å². The molecule has 0 saturated carbocycles. The number of nitrogens with one attached hydrogen (secondary N) is 1. The van der Waals surface area contributed by atoms with E-state index in [4.69, 9.17) is 9.47 Å². The summed E-state index contributed by atoms with van der Waals surface area (Å²) in [7, 11) is 1.63. The molecule has 142 valence electrons. The molecule has 10 heteroatoms. The van der Waals surface area contributed by atoms with Gasteiger partial charge in [-0.25, -0.2) is 19.3 Å². The molecule has 0 radical (unpaired) electrons. The van der Waals surface area contributed by atoms with Crippen LogP contribution < -0.4 is 10.1 Å². The topological polar surface area (TPSA) is 104 Å². The highest BCUT2D eigenvalue weighted by atomic mass is 32.1. The summed E-state index contributed by atoms with van der Waals surface area (Å²) in [5.74, 6) is 0.856. The van der Waals surface area contributed by atoms with Crippen LogP contribution in [0.15, 0.2) is 42.2 Å². The van der Waals surface area contributed by atoms with E-state index in [9.17, 15) is 4.79 Å². The molecular weight excluding hydrogens is 380 g/mol. The minimum atomic E-state index is -0.510. The summed E-state index contributed by atoms with van der Waals surface area (Å²) < 4.78 is 12.1. The van der Waals surface area contributed by atoms with Crippen LogP contribution in [0.25, 0.3) is 16.2 Å². The molecule has 0 unspecified atom stereocenters. The van der Waals surface area contributed by atoms with Crippen LogP contribution >= 0.6 is 11.3 Å². The quantitative estimate of drug-likeness (QED) is 0.496. The fourth-order valence-electron chi connectivity index (χ4n) is 2.61. The maximum absolute atomic E-state index is 12.1. The number of methoxy groups -OCH3 is 1. The number of hydrogen-bond donors (Lipinski definition) is 1. The van der Waals surface area contributed by atoms with Gasteiger partial charge in [0.15, 0.2) is 5.82 Å². The number of esters is 1. The lowest BCUT2D eigenvalue weighted by atomic mass is 10.2. The minimum Gasteiger partial charge on any atom is -0.497 e. The second kappa shape index (κ2) is 7.61. The van der Waals surface area contributed by atoms with Gasteiger partial charge in [0, 0.05) is 17.1 Å². The molecule has 0 aliphatic rings. The molecule has 0 aliphatic carbocycles. The van der Waals surface area contributed by atoms with Crippen molar-refractivity contribution < 1.29 is 14.3 Å². The molecule has 4 rings (SSSR count). The van der Waals surface area contributed by atoms with Crippen molar-refractivity contribution in [1.82, 2.24) is 24.6 Å². The smallest absolute Gasteiger partial charge is 0.343 e. The van der Waals surface area contributed by atoms with Gasteiger partial charge in [-0.15, -0.1) is 16.4 Å². The lowest BCUT2D eigenvalue weighted by Crippen LogP contribution is -2.10. The van der Waals surface area contributed by atoms with E-state index in [2.05, 4.69) is 25.4 Å². The van der Waals surface area contributed by atoms with Crippen LogP contribution in [0.1, 0.15) is 17.3 Å². The summed E-state index contributed by atoms with van der Waals surface area (Å²) in [5, 5.41) is 9.45. The number of carbonyl (C=O) groups excluding carboxylic acids is 1. The lowest BCUT2D eigenvalue weighted by Gasteiger charge is -2.06. The number of aromatic nitrogens is 5. The lowest BCUT2D eigenvalue weighted by molar-refractivity contribution is 0.0526. The minimum absolute atomic E-state index is 0.218. The van der Waals surface area contributed by atoms with E-state index >= 15 is 0 Å². The molecule has 3 heterocycles. The third-order valence-electron chi connectivity index (χ3n) is 3.88. The Morgan fingerprint density at radius 3 is 3.07 bits per heavy atom. The number of carbonyl (C=O) groups is 1. The van der Waals surface area contributed by atoms with Gasteiger partial charge in [-0.05, 0) is 19.1 Å². The van der Waals surface area contributed by atoms with Gasteiger partial charge >= 0.3 is 5.97 Å². The summed E-state index contributed by atoms with van der Waals surface area (Å²) in [6, 6.07) is 7.70. The van der Waals surface area contributed by atoms with Crippen molar-refractivity contribution in [3.8, 4) is 17.0 Å². The Morgan fingerprint density at radius 2 is 2.25 bits per heavy atom. The Morgan fingerprint density at radius 1 is 1.36 bits per heavy atom. The van der Waals surface area contributed by atoms with Gasteiger partial charge in [0.05, 0.1) is 19.4 Å². The molecule has 0 saturated heterocycles. The maximum atomic E-state index is 12.1. The summed E-state index contributed by atoms with van der Waals surface area (Å²) in [6.45, 7) is 2.00. The molecule has 28 heavy (non-hydrogen) atoms. The monoisotopic (exact) mass is 396 g/mol. The summed E-state index contributed by atoms with van der Waals surface area (Å²) in [4.78, 5) is 25.2. The number of nitrogens with zero attached hydrogens (tertiary/aromatic N) is 5. The van der Waals surface area contributed by atoms with Crippen molar-refractivity contribution in [2.45, 2.75) is 6.92 Å². The van der Waals surface area contributed by atoms with Gasteiger partial charge in [-0.1, -0.05) is 12.1 Å². The summed E-state index contributed by atoms with van der Waals surface area (Å²) in [5.41, 5.74) is 2.06. The van der Waals surface area contributed by atoms with Crippen LogP contribution in [0.3, 0.4) is 0 Å². The first-order valence-corrected chi connectivity index (χ1v) is 9.30. The van der Waals surface area contributed by atoms with E-state index in [0.717, 1.165) is 17.0 Å². The zero-order valence-corrected chi connectivity index (χ0v) is 15.9. The maximum Gasteiger partial charge on any atom is 0.343 e. The van der Waals surface area contributed by atoms with Gasteiger partial charge in [0.2, 0.25) is 10.9 Å². The number of anilines is 2. The van der Waals surface area contributed by atoms with E-state index in [1.54, 1.807) is 18.5 Å². The standard InChI is InChI=1S/C18H16N6O3S/c1-3-27-16(25)13-8-19-10-20-15(13)21-17-22-18-24(23-17)14(9-28-18)11-5-4-6-12(7-11)26-2/h4-10H,3H2,1-2H3,(H,19,20,21,23). The van der Waals surface area contributed by atoms with Crippen LogP contribution in [0, 0.1) is 0 Å². The molecule has 0 spiro atoms. The average molecular weight is 396 g/mol. The Balaban J connectivity index is 1.67. The second-order valence-electron chi connectivity index (χ2n) is 5.61. The number of thiazole rings is 1. The van der Waals surface area contributed by atoms with Crippen LogP contribution in [-0.2, 0) is 4.74 Å². The Bertz CT molecular complexity index is 1140.